The van der Waals surface area contributed by atoms with Crippen LogP contribution in [0.25, 0.3) is 10.9 Å². The summed E-state index contributed by atoms with van der Waals surface area (Å²) in [5.74, 6) is -0.421. The van der Waals surface area contributed by atoms with Gasteiger partial charge in [-0.2, -0.15) is 0 Å². The molecule has 29 heavy (non-hydrogen) atoms. The summed E-state index contributed by atoms with van der Waals surface area (Å²) in [4.78, 5) is 28.8. The summed E-state index contributed by atoms with van der Waals surface area (Å²) in [5, 5.41) is 4.67. The number of ether oxygens (including phenoxy) is 1. The molecule has 0 radical (unpaired) electrons. The number of thioether (sulfide) groups is 1. The van der Waals surface area contributed by atoms with Crippen molar-refractivity contribution in [2.45, 2.75) is 31.7 Å². The minimum absolute atomic E-state index is 0.0979. The van der Waals surface area contributed by atoms with E-state index in [1.165, 1.54) is 11.8 Å². The number of anilines is 1. The Kier molecular flexibility index (Phi) is 6.88. The van der Waals surface area contributed by atoms with Gasteiger partial charge in [-0.15, -0.1) is 0 Å². The molecule has 1 heterocycles. The zero-order chi connectivity index (χ0) is 20.8. The number of aromatic nitrogens is 1. The summed E-state index contributed by atoms with van der Waals surface area (Å²) in [6.45, 7) is 5.83. The van der Waals surface area contributed by atoms with Crippen LogP contribution in [0.1, 0.15) is 30.9 Å². The molecule has 6 heteroatoms. The van der Waals surface area contributed by atoms with Gasteiger partial charge in [0.1, 0.15) is 0 Å². The number of rotatable bonds is 7. The van der Waals surface area contributed by atoms with Crippen LogP contribution in [0.15, 0.2) is 59.6 Å². The number of fused-ring (bicyclic) bond motifs is 1. The quantitative estimate of drug-likeness (QED) is 0.443. The second-order valence-electron chi connectivity index (χ2n) is 7.03. The molecule has 0 atom stereocenters. The average Bonchev–Trinajstić information content (AvgIpc) is 2.71. The number of carbonyl (C=O) groups is 2. The van der Waals surface area contributed by atoms with Gasteiger partial charge in [-0.3, -0.25) is 9.59 Å². The van der Waals surface area contributed by atoms with Crippen molar-refractivity contribution in [3.8, 4) is 0 Å². The molecule has 3 rings (SSSR count). The van der Waals surface area contributed by atoms with Gasteiger partial charge in [0.2, 0.25) is 0 Å². The first-order valence-corrected chi connectivity index (χ1v) is 10.5. The number of hydrogen-bond donors (Lipinski definition) is 1. The summed E-state index contributed by atoms with van der Waals surface area (Å²) in [6, 6.07) is 17.5. The number of nitrogens with zero attached hydrogens (tertiary/aromatic N) is 1. The maximum atomic E-state index is 12.1. The molecular formula is C23H24N2O3S. The molecule has 0 unspecified atom stereocenters. The molecule has 2 aromatic carbocycles. The van der Waals surface area contributed by atoms with Crippen molar-refractivity contribution in [3.63, 3.8) is 0 Å². The molecule has 0 bridgehead atoms. The lowest BCUT2D eigenvalue weighted by atomic mass is 10.0. The van der Waals surface area contributed by atoms with Crippen molar-refractivity contribution >= 4 is 40.2 Å². The maximum absolute atomic E-state index is 12.1. The van der Waals surface area contributed by atoms with Gasteiger partial charge in [-0.05, 0) is 42.2 Å². The van der Waals surface area contributed by atoms with Crippen molar-refractivity contribution < 1.29 is 14.3 Å². The number of hydrogen-bond acceptors (Lipinski definition) is 5. The monoisotopic (exact) mass is 408 g/mol. The fourth-order valence-corrected chi connectivity index (χ4v) is 3.79. The highest BCUT2D eigenvalue weighted by atomic mass is 32.2. The molecule has 1 amide bonds. The molecule has 0 aliphatic carbocycles. The van der Waals surface area contributed by atoms with Crippen LogP contribution in [0, 0.1) is 6.92 Å². The van der Waals surface area contributed by atoms with E-state index >= 15 is 0 Å². The Morgan fingerprint density at radius 3 is 2.62 bits per heavy atom. The summed E-state index contributed by atoms with van der Waals surface area (Å²) < 4.78 is 5.12. The average molecular weight is 409 g/mol. The van der Waals surface area contributed by atoms with Crippen LogP contribution in [0.4, 0.5) is 5.69 Å². The van der Waals surface area contributed by atoms with Gasteiger partial charge in [0.15, 0.2) is 6.61 Å². The number of nitrogens with one attached hydrogen (secondary N) is 1. The number of benzene rings is 2. The molecule has 0 saturated heterocycles. The van der Waals surface area contributed by atoms with Crippen LogP contribution in [0.5, 0.6) is 0 Å². The number of amides is 1. The normalized spacial score (nSPS) is 10.9. The first-order chi connectivity index (χ1) is 13.9. The molecule has 3 aromatic rings. The molecule has 0 spiro atoms. The van der Waals surface area contributed by atoms with E-state index in [0.29, 0.717) is 0 Å². The molecule has 1 aromatic heterocycles. The zero-order valence-corrected chi connectivity index (χ0v) is 17.6. The van der Waals surface area contributed by atoms with Crippen molar-refractivity contribution in [1.82, 2.24) is 4.98 Å². The van der Waals surface area contributed by atoms with Crippen molar-refractivity contribution in [2.75, 3.05) is 17.7 Å². The third kappa shape index (κ3) is 5.57. The molecule has 0 saturated carbocycles. The van der Waals surface area contributed by atoms with Crippen molar-refractivity contribution in [1.29, 1.82) is 0 Å². The highest BCUT2D eigenvalue weighted by Crippen LogP contribution is 2.24. The summed E-state index contributed by atoms with van der Waals surface area (Å²) >= 11 is 1.30. The molecular weight excluding hydrogens is 384 g/mol. The Hall–Kier alpha value is -2.86. The van der Waals surface area contributed by atoms with Crippen LogP contribution in [-0.2, 0) is 14.3 Å². The summed E-state index contributed by atoms with van der Waals surface area (Å²) in [5.41, 5.74) is 3.79. The number of pyridine rings is 1. The molecule has 0 aliphatic heterocycles. The first-order valence-electron chi connectivity index (χ1n) is 9.47. The van der Waals surface area contributed by atoms with E-state index in [1.807, 2.05) is 61.5 Å². The van der Waals surface area contributed by atoms with Crippen LogP contribution in [-0.4, -0.2) is 29.2 Å². The summed E-state index contributed by atoms with van der Waals surface area (Å²) in [7, 11) is 0. The fourth-order valence-electron chi connectivity index (χ4n) is 3.01. The predicted molar refractivity (Wildman–Crippen MR) is 117 cm³/mol. The lowest BCUT2D eigenvalue weighted by Crippen LogP contribution is -2.22. The van der Waals surface area contributed by atoms with Crippen LogP contribution < -0.4 is 5.32 Å². The van der Waals surface area contributed by atoms with Gasteiger partial charge >= 0.3 is 5.97 Å². The smallest absolute Gasteiger partial charge is 0.316 e. The molecule has 1 N–H and O–H groups in total. The second-order valence-corrected chi connectivity index (χ2v) is 8.03. The second kappa shape index (κ2) is 9.56. The van der Waals surface area contributed by atoms with Gasteiger partial charge in [-0.25, -0.2) is 4.98 Å². The fraction of sp³-hybridized carbons (Fsp3) is 0.261. The third-order valence-electron chi connectivity index (χ3n) is 4.46. The van der Waals surface area contributed by atoms with E-state index in [0.717, 1.165) is 32.7 Å². The Bertz CT molecular complexity index is 1030. The number of para-hydroxylation sites is 2. The maximum Gasteiger partial charge on any atom is 0.316 e. The summed E-state index contributed by atoms with van der Waals surface area (Å²) in [6.07, 6.45) is 0. The molecule has 0 aliphatic rings. The van der Waals surface area contributed by atoms with E-state index in [1.54, 1.807) is 0 Å². The lowest BCUT2D eigenvalue weighted by molar-refractivity contribution is -0.144. The largest absolute Gasteiger partial charge is 0.455 e. The third-order valence-corrected chi connectivity index (χ3v) is 5.34. The zero-order valence-electron chi connectivity index (χ0n) is 16.8. The van der Waals surface area contributed by atoms with E-state index in [2.05, 4.69) is 24.1 Å². The predicted octanol–water partition coefficient (Wildman–Crippen LogP) is 4.94. The van der Waals surface area contributed by atoms with Crippen LogP contribution >= 0.6 is 11.8 Å². The van der Waals surface area contributed by atoms with Crippen molar-refractivity contribution in [3.05, 3.63) is 65.7 Å². The Morgan fingerprint density at radius 2 is 1.83 bits per heavy atom. The lowest BCUT2D eigenvalue weighted by Gasteiger charge is -2.13. The van der Waals surface area contributed by atoms with Gasteiger partial charge in [0.05, 0.1) is 16.3 Å². The topological polar surface area (TPSA) is 68.3 Å². The minimum Gasteiger partial charge on any atom is -0.455 e. The van der Waals surface area contributed by atoms with Gasteiger partial charge in [-0.1, -0.05) is 62.0 Å². The van der Waals surface area contributed by atoms with Crippen LogP contribution in [0.3, 0.4) is 0 Å². The van der Waals surface area contributed by atoms with E-state index in [-0.39, 0.29) is 24.2 Å². The van der Waals surface area contributed by atoms with Gasteiger partial charge in [0.25, 0.3) is 5.91 Å². The number of aryl methyl sites for hydroxylation is 1. The Balaban J connectivity index is 1.51. The van der Waals surface area contributed by atoms with Crippen LogP contribution in [0.2, 0.25) is 0 Å². The number of carbonyl (C=O) groups excluding carboxylic acids is 2. The molecule has 150 valence electrons. The standard InChI is InChI=1S/C23H24N2O3S/c1-15(2)17-8-4-6-10-19(17)24-21(26)13-28-23(27)14-29-22-12-16(3)18-9-5-7-11-20(18)25-22/h4-12,15H,13-14H2,1-3H3,(H,24,26). The SMILES string of the molecule is Cc1cc(SCC(=O)OCC(=O)Nc2ccccc2C(C)C)nc2ccccc12. The van der Waals surface area contributed by atoms with Crippen molar-refractivity contribution in [2.24, 2.45) is 0 Å². The highest BCUT2D eigenvalue weighted by molar-refractivity contribution is 7.99. The van der Waals surface area contributed by atoms with Gasteiger partial charge < -0.3 is 10.1 Å². The first kappa shape index (κ1) is 20.9. The molecule has 0 fully saturated rings. The van der Waals surface area contributed by atoms with E-state index in [4.69, 9.17) is 4.74 Å². The van der Waals surface area contributed by atoms with E-state index in [9.17, 15) is 9.59 Å². The Morgan fingerprint density at radius 1 is 1.10 bits per heavy atom. The number of esters is 1. The Labute approximate surface area is 174 Å². The minimum atomic E-state index is -0.449. The highest BCUT2D eigenvalue weighted by Gasteiger charge is 2.12. The molecule has 5 nitrogen and oxygen atoms in total. The van der Waals surface area contributed by atoms with E-state index < -0.39 is 5.97 Å². The van der Waals surface area contributed by atoms with Gasteiger partial charge in [0, 0.05) is 11.1 Å².